The van der Waals surface area contributed by atoms with E-state index in [0.717, 1.165) is 12.8 Å². The molecule has 0 spiro atoms. The fourth-order valence-electron chi connectivity index (χ4n) is 1.77. The van der Waals surface area contributed by atoms with Crippen LogP contribution in [0.4, 0.5) is 0 Å². The van der Waals surface area contributed by atoms with Gasteiger partial charge in [-0.15, -0.1) is 0 Å². The normalized spacial score (nSPS) is 19.2. The van der Waals surface area contributed by atoms with Gasteiger partial charge in [0.15, 0.2) is 0 Å². The number of alkyl halides is 1. The Morgan fingerprint density at radius 2 is 2.29 bits per heavy atom. The van der Waals surface area contributed by atoms with Crippen LogP contribution in [0.1, 0.15) is 18.2 Å². The first-order chi connectivity index (χ1) is 8.04. The number of aromatic nitrogens is 2. The zero-order valence-electron chi connectivity index (χ0n) is 9.78. The second-order valence-electron chi connectivity index (χ2n) is 4.15. The summed E-state index contributed by atoms with van der Waals surface area (Å²) >= 11 is -0.289. The third kappa shape index (κ3) is 3.14. The lowest BCUT2D eigenvalue weighted by molar-refractivity contribution is -0.671. The third-order valence-electron chi connectivity index (χ3n) is 2.66. The number of imidazole rings is 1. The lowest BCUT2D eigenvalue weighted by Gasteiger charge is -2.11. The van der Waals surface area contributed by atoms with Crippen molar-refractivity contribution >= 4 is 35.0 Å². The molecule has 0 amide bonds. The largest absolute Gasteiger partial charge is 0.314 e. The maximum atomic E-state index is 12.1. The van der Waals surface area contributed by atoms with Crippen molar-refractivity contribution in [3.8, 4) is 0 Å². The van der Waals surface area contributed by atoms with Crippen LogP contribution >= 0.6 is 20.7 Å². The van der Waals surface area contributed by atoms with E-state index in [4.69, 9.17) is 4.18 Å². The van der Waals surface area contributed by atoms with Gasteiger partial charge in [0, 0.05) is 5.92 Å². The van der Waals surface area contributed by atoms with E-state index in [1.165, 1.54) is 4.20 Å². The molecule has 5 nitrogen and oxygen atoms in total. The van der Waals surface area contributed by atoms with Gasteiger partial charge < -0.3 is 0 Å². The van der Waals surface area contributed by atoms with Crippen LogP contribution in [0.2, 0.25) is 0 Å². The van der Waals surface area contributed by atoms with E-state index >= 15 is 0 Å². The van der Waals surface area contributed by atoms with Crippen molar-refractivity contribution in [2.45, 2.75) is 18.2 Å². The minimum Gasteiger partial charge on any atom is -0.240 e. The Labute approximate surface area is 111 Å². The lowest BCUT2D eigenvalue weighted by atomic mass is 10.4. The molecule has 1 aliphatic rings. The second-order valence-corrected chi connectivity index (χ2v) is 7.57. The van der Waals surface area contributed by atoms with Crippen molar-refractivity contribution in [2.75, 3.05) is 4.93 Å². The van der Waals surface area contributed by atoms with E-state index in [1.54, 1.807) is 17.1 Å². The Balaban J connectivity index is 2.29. The molecule has 0 N–H and O–H groups in total. The summed E-state index contributed by atoms with van der Waals surface area (Å²) in [6.07, 6.45) is 7.31. The Bertz CT molecular complexity index is 519. The fraction of sp³-hybridized carbons (Fsp3) is 0.600. The molecule has 0 aliphatic heterocycles. The number of hydrogen-bond acceptors (Lipinski definition) is 3. The van der Waals surface area contributed by atoms with Crippen molar-refractivity contribution < 1.29 is 17.2 Å². The van der Waals surface area contributed by atoms with Crippen LogP contribution in [0.15, 0.2) is 18.7 Å². The first kappa shape index (κ1) is 13.2. The summed E-state index contributed by atoms with van der Waals surface area (Å²) in [7, 11) is -1.67. The zero-order chi connectivity index (χ0) is 12.5. The molecular formula is C10H16IN2O3S+. The van der Waals surface area contributed by atoms with Gasteiger partial charge >= 0.3 is 10.1 Å². The van der Waals surface area contributed by atoms with E-state index in [-0.39, 0.29) is 26.6 Å². The predicted octanol–water partition coefficient (Wildman–Crippen LogP) is 0.928. The lowest BCUT2D eigenvalue weighted by Crippen LogP contribution is -2.27. The molecule has 0 saturated heterocycles. The van der Waals surface area contributed by atoms with Crippen molar-refractivity contribution in [1.82, 2.24) is 4.57 Å². The second kappa shape index (κ2) is 5.15. The standard InChI is InChI=1S/C10H16IN2O3S/c1-11-7-16-17(14,15)10(9-3-4-9)13-6-5-12(2)8-13/h5-10H,3-4H2,1-2H3/q+1. The van der Waals surface area contributed by atoms with Crippen LogP contribution in [-0.2, 0) is 21.3 Å². The first-order valence-electron chi connectivity index (χ1n) is 5.29. The van der Waals surface area contributed by atoms with Crippen molar-refractivity contribution in [3.05, 3.63) is 18.7 Å². The summed E-state index contributed by atoms with van der Waals surface area (Å²) in [6, 6.07) is 0. The smallest absolute Gasteiger partial charge is 0.240 e. The molecule has 1 fully saturated rings. The van der Waals surface area contributed by atoms with Crippen LogP contribution in [0.25, 0.3) is 0 Å². The highest BCUT2D eigenvalue weighted by Crippen LogP contribution is 2.43. The summed E-state index contributed by atoms with van der Waals surface area (Å²) in [5, 5.41) is -0.574. The van der Waals surface area contributed by atoms with Gasteiger partial charge in [-0.2, -0.15) is 8.42 Å². The van der Waals surface area contributed by atoms with Gasteiger partial charge in [-0.05, 0) is 17.8 Å². The molecule has 96 valence electrons. The molecule has 1 aromatic heterocycles. The Kier molecular flexibility index (Phi) is 3.99. The van der Waals surface area contributed by atoms with Crippen LogP contribution in [-0.4, -0.2) is 22.1 Å². The highest BCUT2D eigenvalue weighted by Gasteiger charge is 2.45. The van der Waals surface area contributed by atoms with Gasteiger partial charge in [0.2, 0.25) is 11.7 Å². The van der Waals surface area contributed by atoms with E-state index < -0.39 is 15.5 Å². The van der Waals surface area contributed by atoms with Gasteiger partial charge in [0.25, 0.3) is 0 Å². The average molecular weight is 371 g/mol. The van der Waals surface area contributed by atoms with Gasteiger partial charge in [-0.25, -0.2) is 13.3 Å². The van der Waals surface area contributed by atoms with Crippen LogP contribution < -0.4 is 4.57 Å². The summed E-state index contributed by atoms with van der Waals surface area (Å²) in [5.41, 5.74) is 0. The summed E-state index contributed by atoms with van der Waals surface area (Å²) in [5.74, 6) is 0.191. The molecule has 1 aliphatic carbocycles. The molecule has 0 radical (unpaired) electrons. The molecule has 2 rings (SSSR count). The monoisotopic (exact) mass is 371 g/mol. The van der Waals surface area contributed by atoms with Crippen LogP contribution in [0.3, 0.4) is 0 Å². The summed E-state index contributed by atoms with van der Waals surface area (Å²) < 4.78 is 34.2. The van der Waals surface area contributed by atoms with Gasteiger partial charge in [0.05, 0.1) is 11.2 Å². The third-order valence-corrected chi connectivity index (χ3v) is 5.36. The number of halogens is 1. The van der Waals surface area contributed by atoms with E-state index in [2.05, 4.69) is 0 Å². The van der Waals surface area contributed by atoms with E-state index in [9.17, 15) is 8.42 Å². The van der Waals surface area contributed by atoms with Crippen molar-refractivity contribution in [2.24, 2.45) is 13.0 Å². The van der Waals surface area contributed by atoms with Gasteiger partial charge in [-0.3, -0.25) is 0 Å². The van der Waals surface area contributed by atoms with E-state index in [1.807, 2.05) is 22.7 Å². The first-order valence-corrected chi connectivity index (χ1v) is 10.2. The quantitative estimate of drug-likeness (QED) is 0.335. The highest BCUT2D eigenvalue weighted by molar-refractivity contribution is 14.2. The number of nitrogens with zero attached hydrogens (tertiary/aromatic N) is 2. The molecule has 0 aromatic carbocycles. The summed E-state index contributed by atoms with van der Waals surface area (Å²) in [4.78, 5) is 1.95. The minimum atomic E-state index is -3.54. The summed E-state index contributed by atoms with van der Waals surface area (Å²) in [6.45, 7) is 0. The molecule has 1 atom stereocenters. The zero-order valence-corrected chi connectivity index (χ0v) is 12.8. The van der Waals surface area contributed by atoms with Crippen LogP contribution in [0, 0.1) is 5.92 Å². The number of rotatable bonds is 5. The highest BCUT2D eigenvalue weighted by atomic mass is 127. The maximum Gasteiger partial charge on any atom is 0.314 e. The molecular weight excluding hydrogens is 355 g/mol. The molecule has 1 aromatic rings. The number of aryl methyl sites for hydroxylation is 1. The SMILES string of the molecule is CI=COS(=O)(=O)C(C1CC1)n1cc[n+](C)c1. The fourth-order valence-corrected chi connectivity index (χ4v) is 4.72. The number of hydrogen-bond donors (Lipinski definition) is 0. The molecule has 1 saturated carbocycles. The minimum absolute atomic E-state index is 0.191. The molecule has 1 unspecified atom stereocenters. The van der Waals surface area contributed by atoms with Crippen molar-refractivity contribution in [3.63, 3.8) is 0 Å². The molecule has 17 heavy (non-hydrogen) atoms. The predicted molar refractivity (Wildman–Crippen MR) is 73.4 cm³/mol. The van der Waals surface area contributed by atoms with Crippen LogP contribution in [0.5, 0.6) is 0 Å². The average Bonchev–Trinajstić information content (AvgIpc) is 2.99. The molecule has 0 bridgehead atoms. The topological polar surface area (TPSA) is 52.2 Å². The van der Waals surface area contributed by atoms with Gasteiger partial charge in [-0.1, -0.05) is 20.7 Å². The van der Waals surface area contributed by atoms with E-state index in [0.29, 0.717) is 0 Å². The molecule has 7 heteroatoms. The van der Waals surface area contributed by atoms with Gasteiger partial charge in [0.1, 0.15) is 12.4 Å². The Hall–Kier alpha value is -0.280. The Morgan fingerprint density at radius 3 is 2.76 bits per heavy atom. The molecule has 1 heterocycles. The van der Waals surface area contributed by atoms with Crippen molar-refractivity contribution in [1.29, 1.82) is 0 Å². The Morgan fingerprint density at radius 1 is 1.59 bits per heavy atom. The maximum absolute atomic E-state index is 12.1.